The SMILES string of the molecule is NS(=O)(=O)c1cc(Cl)c(NC(=O)NC2CCC2)c(Cl)c1. The summed E-state index contributed by atoms with van der Waals surface area (Å²) in [5.74, 6) is 0. The predicted molar refractivity (Wildman–Crippen MR) is 77.6 cm³/mol. The van der Waals surface area contributed by atoms with Gasteiger partial charge in [0.1, 0.15) is 0 Å². The van der Waals surface area contributed by atoms with Gasteiger partial charge in [-0.2, -0.15) is 0 Å². The van der Waals surface area contributed by atoms with Crippen molar-refractivity contribution in [1.82, 2.24) is 5.32 Å². The molecule has 110 valence electrons. The van der Waals surface area contributed by atoms with Crippen LogP contribution in [0.5, 0.6) is 0 Å². The second kappa shape index (κ2) is 5.77. The molecule has 2 rings (SSSR count). The molecule has 0 saturated heterocycles. The fraction of sp³-hybridized carbons (Fsp3) is 0.364. The summed E-state index contributed by atoms with van der Waals surface area (Å²) in [4.78, 5) is 11.5. The van der Waals surface area contributed by atoms with E-state index in [0.717, 1.165) is 31.4 Å². The zero-order chi connectivity index (χ0) is 14.9. The number of amides is 2. The van der Waals surface area contributed by atoms with Crippen molar-refractivity contribution >= 4 is 44.9 Å². The lowest BCUT2D eigenvalue weighted by Gasteiger charge is -2.26. The van der Waals surface area contributed by atoms with Crippen molar-refractivity contribution in [3.8, 4) is 0 Å². The summed E-state index contributed by atoms with van der Waals surface area (Å²) in [5, 5.41) is 10.3. The van der Waals surface area contributed by atoms with Crippen molar-refractivity contribution in [3.63, 3.8) is 0 Å². The lowest BCUT2D eigenvalue weighted by molar-refractivity contribution is 0.240. The minimum atomic E-state index is -3.90. The highest BCUT2D eigenvalue weighted by Gasteiger charge is 2.21. The fourth-order valence-electron chi connectivity index (χ4n) is 1.72. The van der Waals surface area contributed by atoms with Crippen LogP contribution < -0.4 is 15.8 Å². The van der Waals surface area contributed by atoms with Gasteiger partial charge >= 0.3 is 6.03 Å². The number of carbonyl (C=O) groups is 1. The number of hydrogen-bond acceptors (Lipinski definition) is 3. The van der Waals surface area contributed by atoms with Crippen molar-refractivity contribution in [2.24, 2.45) is 5.14 Å². The number of hydrogen-bond donors (Lipinski definition) is 3. The van der Waals surface area contributed by atoms with Crippen LogP contribution in [0.15, 0.2) is 17.0 Å². The molecule has 0 aromatic heterocycles. The van der Waals surface area contributed by atoms with Crippen LogP contribution in [-0.2, 0) is 10.0 Å². The highest BCUT2D eigenvalue weighted by molar-refractivity contribution is 7.89. The van der Waals surface area contributed by atoms with Crippen molar-refractivity contribution in [2.45, 2.75) is 30.2 Å². The first-order chi connectivity index (χ1) is 9.27. The van der Waals surface area contributed by atoms with Gasteiger partial charge in [0.25, 0.3) is 0 Å². The molecule has 1 aromatic carbocycles. The first kappa shape index (κ1) is 15.4. The minimum Gasteiger partial charge on any atom is -0.335 e. The van der Waals surface area contributed by atoms with Gasteiger partial charge in [-0.1, -0.05) is 23.2 Å². The van der Waals surface area contributed by atoms with Gasteiger partial charge in [-0.05, 0) is 31.4 Å². The third-order valence-corrected chi connectivity index (χ3v) is 4.51. The Bertz CT molecular complexity index is 621. The number of nitrogens with one attached hydrogen (secondary N) is 2. The Balaban J connectivity index is 2.17. The largest absolute Gasteiger partial charge is 0.335 e. The number of nitrogens with two attached hydrogens (primary N) is 1. The molecule has 1 fully saturated rings. The van der Waals surface area contributed by atoms with E-state index in [4.69, 9.17) is 28.3 Å². The number of anilines is 1. The van der Waals surface area contributed by atoms with Crippen LogP contribution in [-0.4, -0.2) is 20.5 Å². The molecule has 1 aliphatic rings. The first-order valence-electron chi connectivity index (χ1n) is 5.87. The third-order valence-electron chi connectivity index (χ3n) is 3.02. The van der Waals surface area contributed by atoms with E-state index in [1.807, 2.05) is 0 Å². The average Bonchev–Trinajstić information content (AvgIpc) is 2.27. The maximum absolute atomic E-state index is 11.7. The lowest BCUT2D eigenvalue weighted by atomic mass is 9.93. The van der Waals surface area contributed by atoms with E-state index in [1.165, 1.54) is 0 Å². The molecule has 0 bridgehead atoms. The number of sulfonamides is 1. The highest BCUT2D eigenvalue weighted by atomic mass is 35.5. The first-order valence-corrected chi connectivity index (χ1v) is 8.17. The molecule has 0 aliphatic heterocycles. The van der Waals surface area contributed by atoms with E-state index in [0.29, 0.717) is 0 Å². The maximum Gasteiger partial charge on any atom is 0.319 e. The van der Waals surface area contributed by atoms with Crippen LogP contribution in [0, 0.1) is 0 Å². The Labute approximate surface area is 126 Å². The van der Waals surface area contributed by atoms with E-state index in [1.54, 1.807) is 0 Å². The van der Waals surface area contributed by atoms with Gasteiger partial charge < -0.3 is 10.6 Å². The van der Waals surface area contributed by atoms with Gasteiger partial charge in [0.05, 0.1) is 20.6 Å². The molecule has 4 N–H and O–H groups in total. The number of benzene rings is 1. The molecule has 1 saturated carbocycles. The smallest absolute Gasteiger partial charge is 0.319 e. The number of primary sulfonamides is 1. The summed E-state index contributed by atoms with van der Waals surface area (Å²) in [6.45, 7) is 0. The Kier molecular flexibility index (Phi) is 4.43. The quantitative estimate of drug-likeness (QED) is 0.788. The van der Waals surface area contributed by atoms with E-state index in [9.17, 15) is 13.2 Å². The van der Waals surface area contributed by atoms with Crippen LogP contribution in [0.2, 0.25) is 10.0 Å². The van der Waals surface area contributed by atoms with E-state index < -0.39 is 16.1 Å². The Morgan fingerprint density at radius 3 is 2.20 bits per heavy atom. The van der Waals surface area contributed by atoms with E-state index in [-0.39, 0.29) is 26.7 Å². The summed E-state index contributed by atoms with van der Waals surface area (Å²) in [5.41, 5.74) is 0.151. The standard InChI is InChI=1S/C11H13Cl2N3O3S/c12-8-4-7(20(14,18)19)5-9(13)10(8)16-11(17)15-6-2-1-3-6/h4-6H,1-3H2,(H2,14,18,19)(H2,15,16,17). The molecule has 1 aliphatic carbocycles. The van der Waals surface area contributed by atoms with Crippen molar-refractivity contribution in [1.29, 1.82) is 0 Å². The van der Waals surface area contributed by atoms with Crippen LogP contribution in [0.3, 0.4) is 0 Å². The van der Waals surface area contributed by atoms with Crippen molar-refractivity contribution in [2.75, 3.05) is 5.32 Å². The van der Waals surface area contributed by atoms with Gasteiger partial charge in [0, 0.05) is 6.04 Å². The van der Waals surface area contributed by atoms with Gasteiger partial charge in [0.2, 0.25) is 10.0 Å². The Hall–Kier alpha value is -1.02. The summed E-state index contributed by atoms with van der Waals surface area (Å²) in [7, 11) is -3.90. The Morgan fingerprint density at radius 2 is 1.80 bits per heavy atom. The molecule has 0 spiro atoms. The molecule has 0 atom stereocenters. The molecule has 1 aromatic rings. The lowest BCUT2D eigenvalue weighted by Crippen LogP contribution is -2.41. The van der Waals surface area contributed by atoms with Crippen LogP contribution in [0.25, 0.3) is 0 Å². The zero-order valence-corrected chi connectivity index (χ0v) is 12.6. The monoisotopic (exact) mass is 337 g/mol. The Morgan fingerprint density at radius 1 is 1.25 bits per heavy atom. The topological polar surface area (TPSA) is 101 Å². The zero-order valence-electron chi connectivity index (χ0n) is 10.3. The number of halogens is 2. The van der Waals surface area contributed by atoms with Gasteiger partial charge in [-0.15, -0.1) is 0 Å². The second-order valence-electron chi connectivity index (χ2n) is 4.53. The van der Waals surface area contributed by atoms with Gasteiger partial charge in [0.15, 0.2) is 0 Å². The summed E-state index contributed by atoms with van der Waals surface area (Å²) in [6.07, 6.45) is 2.98. The van der Waals surface area contributed by atoms with Crippen LogP contribution in [0.1, 0.15) is 19.3 Å². The highest BCUT2D eigenvalue weighted by Crippen LogP contribution is 2.33. The van der Waals surface area contributed by atoms with Crippen LogP contribution in [0.4, 0.5) is 10.5 Å². The molecule has 0 heterocycles. The van der Waals surface area contributed by atoms with Gasteiger partial charge in [-0.25, -0.2) is 18.4 Å². The van der Waals surface area contributed by atoms with Crippen molar-refractivity contribution < 1.29 is 13.2 Å². The average molecular weight is 338 g/mol. The summed E-state index contributed by atoms with van der Waals surface area (Å²) >= 11 is 11.8. The van der Waals surface area contributed by atoms with E-state index in [2.05, 4.69) is 10.6 Å². The number of urea groups is 1. The summed E-state index contributed by atoms with van der Waals surface area (Å²) < 4.78 is 22.4. The number of rotatable bonds is 3. The van der Waals surface area contributed by atoms with E-state index >= 15 is 0 Å². The molecular weight excluding hydrogens is 325 g/mol. The normalized spacial score (nSPS) is 15.6. The molecular formula is C11H13Cl2N3O3S. The molecule has 6 nitrogen and oxygen atoms in total. The van der Waals surface area contributed by atoms with Gasteiger partial charge in [-0.3, -0.25) is 0 Å². The van der Waals surface area contributed by atoms with Crippen LogP contribution >= 0.6 is 23.2 Å². The molecule has 2 amide bonds. The number of carbonyl (C=O) groups excluding carboxylic acids is 1. The van der Waals surface area contributed by atoms with Crippen molar-refractivity contribution in [3.05, 3.63) is 22.2 Å². The second-order valence-corrected chi connectivity index (χ2v) is 6.91. The molecule has 9 heteroatoms. The molecule has 0 unspecified atom stereocenters. The third kappa shape index (κ3) is 3.54. The maximum atomic E-state index is 11.7. The molecule has 0 radical (unpaired) electrons. The molecule has 20 heavy (non-hydrogen) atoms. The summed E-state index contributed by atoms with van der Waals surface area (Å²) in [6, 6.07) is 2.02. The minimum absolute atomic E-state index is 0.00489. The fourth-order valence-corrected chi connectivity index (χ4v) is 3.00. The predicted octanol–water partition coefficient (Wildman–Crippen LogP) is 2.31.